The molecule has 0 N–H and O–H groups in total. The Hall–Kier alpha value is -1.49. The van der Waals surface area contributed by atoms with Crippen LogP contribution in [0.25, 0.3) is 6.08 Å². The van der Waals surface area contributed by atoms with Crippen molar-refractivity contribution in [3.63, 3.8) is 0 Å². The molecule has 5 heteroatoms. The van der Waals surface area contributed by atoms with Crippen molar-refractivity contribution < 1.29 is 19.0 Å². The summed E-state index contributed by atoms with van der Waals surface area (Å²) in [6, 6.07) is 5.54. The first kappa shape index (κ1) is 17.6. The van der Waals surface area contributed by atoms with Gasteiger partial charge in [-0.15, -0.1) is 0 Å². The Morgan fingerprint density at radius 2 is 2.00 bits per heavy atom. The number of ether oxygens (including phenoxy) is 3. The van der Waals surface area contributed by atoms with Crippen molar-refractivity contribution >= 4 is 28.0 Å². The van der Waals surface area contributed by atoms with E-state index in [0.717, 1.165) is 30.2 Å². The van der Waals surface area contributed by atoms with Gasteiger partial charge in [-0.3, -0.25) is 0 Å². The fourth-order valence-corrected chi connectivity index (χ4v) is 2.09. The van der Waals surface area contributed by atoms with Gasteiger partial charge in [0.15, 0.2) is 11.5 Å². The molecule has 4 nitrogen and oxygen atoms in total. The van der Waals surface area contributed by atoms with Crippen molar-refractivity contribution in [2.45, 2.75) is 19.3 Å². The van der Waals surface area contributed by atoms with E-state index in [1.165, 1.54) is 13.2 Å². The van der Waals surface area contributed by atoms with Gasteiger partial charge in [0, 0.05) is 11.4 Å². The van der Waals surface area contributed by atoms with Crippen LogP contribution < -0.4 is 9.47 Å². The maximum absolute atomic E-state index is 11.1. The third kappa shape index (κ3) is 6.67. The molecule has 0 aliphatic rings. The first-order valence-electron chi connectivity index (χ1n) is 6.84. The van der Waals surface area contributed by atoms with Gasteiger partial charge in [0.25, 0.3) is 0 Å². The summed E-state index contributed by atoms with van der Waals surface area (Å²) in [6.07, 6.45) is 6.34. The normalized spacial score (nSPS) is 10.6. The lowest BCUT2D eigenvalue weighted by atomic mass is 10.2. The summed E-state index contributed by atoms with van der Waals surface area (Å²) in [5, 5.41) is 1.03. The third-order valence-corrected chi connectivity index (χ3v) is 3.40. The molecule has 1 aromatic carbocycles. The number of carbonyl (C=O) groups is 1. The lowest BCUT2D eigenvalue weighted by Crippen LogP contribution is -2.00. The van der Waals surface area contributed by atoms with E-state index < -0.39 is 0 Å². The van der Waals surface area contributed by atoms with Gasteiger partial charge in [0.2, 0.25) is 0 Å². The average Bonchev–Trinajstić information content (AvgIpc) is 2.52. The van der Waals surface area contributed by atoms with Gasteiger partial charge >= 0.3 is 5.97 Å². The van der Waals surface area contributed by atoms with Crippen molar-refractivity contribution in [1.82, 2.24) is 0 Å². The maximum atomic E-state index is 11.1. The van der Waals surface area contributed by atoms with Crippen molar-refractivity contribution in [2.24, 2.45) is 0 Å². The number of unbranched alkanes of at least 4 members (excludes halogenated alkanes) is 2. The molecule has 0 saturated heterocycles. The number of alkyl halides is 1. The molecule has 0 amide bonds. The van der Waals surface area contributed by atoms with E-state index in [1.807, 2.05) is 18.2 Å². The lowest BCUT2D eigenvalue weighted by Gasteiger charge is -2.11. The van der Waals surface area contributed by atoms with E-state index in [-0.39, 0.29) is 5.97 Å². The standard InChI is InChI=1S/C16H21BrO4/c1-19-15-12-13(7-9-16(18)20-2)6-8-14(15)21-11-5-3-4-10-17/h6-9,12H,3-5,10-11H2,1-2H3. The predicted octanol–water partition coefficient (Wildman–Crippen LogP) is 3.83. The number of rotatable bonds is 9. The summed E-state index contributed by atoms with van der Waals surface area (Å²) in [6.45, 7) is 0.667. The molecule has 0 aliphatic carbocycles. The molecule has 0 aliphatic heterocycles. The Labute approximate surface area is 134 Å². The second kappa shape index (κ2) is 10.3. The van der Waals surface area contributed by atoms with Crippen LogP contribution in [0.1, 0.15) is 24.8 Å². The summed E-state index contributed by atoms with van der Waals surface area (Å²) in [5.74, 6) is 0.982. The topological polar surface area (TPSA) is 44.8 Å². The Balaban J connectivity index is 2.61. The van der Waals surface area contributed by atoms with Crippen molar-refractivity contribution in [2.75, 3.05) is 26.2 Å². The van der Waals surface area contributed by atoms with E-state index in [9.17, 15) is 4.79 Å². The summed E-state index contributed by atoms with van der Waals surface area (Å²) in [5.41, 5.74) is 0.851. The fourth-order valence-electron chi connectivity index (χ4n) is 1.69. The molecular weight excluding hydrogens is 336 g/mol. The second-order valence-electron chi connectivity index (χ2n) is 4.36. The zero-order valence-electron chi connectivity index (χ0n) is 12.4. The van der Waals surface area contributed by atoms with Crippen molar-refractivity contribution in [3.8, 4) is 11.5 Å². The van der Waals surface area contributed by atoms with Crippen LogP contribution in [-0.4, -0.2) is 32.1 Å². The van der Waals surface area contributed by atoms with Crippen LogP contribution in [0.4, 0.5) is 0 Å². The van der Waals surface area contributed by atoms with Crippen LogP contribution in [-0.2, 0) is 9.53 Å². The quantitative estimate of drug-likeness (QED) is 0.292. The van der Waals surface area contributed by atoms with Gasteiger partial charge in [-0.05, 0) is 43.0 Å². The molecule has 1 aromatic rings. The van der Waals surface area contributed by atoms with Gasteiger partial charge in [-0.25, -0.2) is 4.79 Å². The highest BCUT2D eigenvalue weighted by molar-refractivity contribution is 9.09. The maximum Gasteiger partial charge on any atom is 0.330 e. The van der Waals surface area contributed by atoms with Crippen LogP contribution in [0.15, 0.2) is 24.3 Å². The SMILES string of the molecule is COC(=O)C=Cc1ccc(OCCCCCBr)c(OC)c1. The minimum absolute atomic E-state index is 0.388. The van der Waals surface area contributed by atoms with Gasteiger partial charge < -0.3 is 14.2 Å². The Bertz CT molecular complexity index is 471. The Morgan fingerprint density at radius 3 is 2.67 bits per heavy atom. The van der Waals surface area contributed by atoms with E-state index in [2.05, 4.69) is 20.7 Å². The van der Waals surface area contributed by atoms with Crippen LogP contribution in [0.3, 0.4) is 0 Å². The number of esters is 1. The van der Waals surface area contributed by atoms with Crippen LogP contribution in [0.2, 0.25) is 0 Å². The summed E-state index contributed by atoms with van der Waals surface area (Å²) >= 11 is 3.41. The highest BCUT2D eigenvalue weighted by atomic mass is 79.9. The summed E-state index contributed by atoms with van der Waals surface area (Å²) in [4.78, 5) is 11.1. The first-order valence-corrected chi connectivity index (χ1v) is 7.96. The summed E-state index contributed by atoms with van der Waals surface area (Å²) in [7, 11) is 2.95. The smallest absolute Gasteiger partial charge is 0.330 e. The monoisotopic (exact) mass is 356 g/mol. The largest absolute Gasteiger partial charge is 0.493 e. The van der Waals surface area contributed by atoms with Crippen LogP contribution in [0, 0.1) is 0 Å². The van der Waals surface area contributed by atoms with E-state index in [0.29, 0.717) is 18.1 Å². The Kier molecular flexibility index (Phi) is 8.59. The zero-order chi connectivity index (χ0) is 15.5. The van der Waals surface area contributed by atoms with Gasteiger partial charge in [-0.1, -0.05) is 22.0 Å². The lowest BCUT2D eigenvalue weighted by molar-refractivity contribution is -0.134. The molecule has 0 fully saturated rings. The minimum atomic E-state index is -0.388. The number of benzene rings is 1. The number of halogens is 1. The molecule has 0 spiro atoms. The number of hydrogen-bond donors (Lipinski definition) is 0. The second-order valence-corrected chi connectivity index (χ2v) is 5.16. The van der Waals surface area contributed by atoms with E-state index in [4.69, 9.17) is 9.47 Å². The highest BCUT2D eigenvalue weighted by Crippen LogP contribution is 2.28. The van der Waals surface area contributed by atoms with Gasteiger partial charge in [0.05, 0.1) is 20.8 Å². The number of hydrogen-bond acceptors (Lipinski definition) is 4. The van der Waals surface area contributed by atoms with Crippen LogP contribution in [0.5, 0.6) is 11.5 Å². The molecule has 1 rings (SSSR count). The fraction of sp³-hybridized carbons (Fsp3) is 0.438. The first-order chi connectivity index (χ1) is 10.2. The van der Waals surface area contributed by atoms with Gasteiger partial charge in [0.1, 0.15) is 0 Å². The summed E-state index contributed by atoms with van der Waals surface area (Å²) < 4.78 is 15.6. The molecule has 0 atom stereocenters. The van der Waals surface area contributed by atoms with E-state index in [1.54, 1.807) is 13.2 Å². The molecule has 0 radical (unpaired) electrons. The number of methoxy groups -OCH3 is 2. The van der Waals surface area contributed by atoms with Crippen LogP contribution >= 0.6 is 15.9 Å². The molecule has 116 valence electrons. The molecular formula is C16H21BrO4. The average molecular weight is 357 g/mol. The molecule has 21 heavy (non-hydrogen) atoms. The molecule has 0 unspecified atom stereocenters. The third-order valence-electron chi connectivity index (χ3n) is 2.84. The molecule has 0 aromatic heterocycles. The predicted molar refractivity (Wildman–Crippen MR) is 87.2 cm³/mol. The highest BCUT2D eigenvalue weighted by Gasteiger charge is 2.05. The van der Waals surface area contributed by atoms with E-state index >= 15 is 0 Å². The Morgan fingerprint density at radius 1 is 1.19 bits per heavy atom. The van der Waals surface area contributed by atoms with Crippen molar-refractivity contribution in [3.05, 3.63) is 29.8 Å². The zero-order valence-corrected chi connectivity index (χ0v) is 14.0. The number of carbonyl (C=O) groups excluding carboxylic acids is 1. The molecule has 0 saturated carbocycles. The molecule has 0 heterocycles. The van der Waals surface area contributed by atoms with Crippen molar-refractivity contribution in [1.29, 1.82) is 0 Å². The minimum Gasteiger partial charge on any atom is -0.493 e. The van der Waals surface area contributed by atoms with Gasteiger partial charge in [-0.2, -0.15) is 0 Å². The molecule has 0 bridgehead atoms.